The van der Waals surface area contributed by atoms with E-state index in [-0.39, 0.29) is 37.2 Å². The molecule has 0 saturated heterocycles. The van der Waals surface area contributed by atoms with Crippen molar-refractivity contribution in [2.45, 2.75) is 70.4 Å². The lowest BCUT2D eigenvalue weighted by atomic mass is 9.96. The van der Waals surface area contributed by atoms with Gasteiger partial charge < -0.3 is 9.47 Å². The van der Waals surface area contributed by atoms with Crippen molar-refractivity contribution in [2.75, 3.05) is 13.2 Å². The van der Waals surface area contributed by atoms with Gasteiger partial charge in [0.2, 0.25) is 10.7 Å². The number of halogens is 5. The topological polar surface area (TPSA) is 52.6 Å². The first-order valence-electron chi connectivity index (χ1n) is 13.5. The Morgan fingerprint density at radius 1 is 0.927 bits per heavy atom. The minimum atomic E-state index is -4.62. The predicted octanol–water partition coefficient (Wildman–Crippen LogP) is 8.98. The molecule has 0 aliphatic carbocycles. The monoisotopic (exact) mass is 596 g/mol. The Balaban J connectivity index is 1.67. The Kier molecular flexibility index (Phi) is 11.5. The fraction of sp³-hybridized carbons (Fsp3) is 0.419. The van der Waals surface area contributed by atoms with E-state index in [1.165, 1.54) is 12.1 Å². The van der Waals surface area contributed by atoms with Gasteiger partial charge in [-0.25, -0.2) is 13.6 Å². The molecule has 0 saturated carbocycles. The zero-order chi connectivity index (χ0) is 30.0. The Morgan fingerprint density at radius 3 is 2.34 bits per heavy atom. The number of benzene rings is 2. The second-order valence-electron chi connectivity index (χ2n) is 9.77. The number of aryl methyl sites for hydroxylation is 1. The number of hydrogen-bond acceptors (Lipinski definition) is 5. The molecule has 10 heteroatoms. The van der Waals surface area contributed by atoms with Crippen LogP contribution in [0.5, 0.6) is 5.75 Å². The number of fused-ring (bicyclic) bond motifs is 1. The molecule has 0 radical (unpaired) electrons. The SMILES string of the molecule is C=CC(=O)OCCCC(F)(F)CCCOc1ccc2cc(-c3ccc(CCCCC)cc3C(F)(F)F)c(=O)sc2c1. The molecule has 222 valence electrons. The highest BCUT2D eigenvalue weighted by Crippen LogP contribution is 2.38. The molecule has 0 aliphatic heterocycles. The van der Waals surface area contributed by atoms with Crippen LogP contribution >= 0.6 is 11.3 Å². The number of unbranched alkanes of at least 4 members (excludes halogenated alkanes) is 2. The summed E-state index contributed by atoms with van der Waals surface area (Å²) in [7, 11) is 0. The van der Waals surface area contributed by atoms with E-state index in [1.807, 2.05) is 6.92 Å². The van der Waals surface area contributed by atoms with E-state index < -0.39 is 41.2 Å². The largest absolute Gasteiger partial charge is 0.494 e. The number of ether oxygens (including phenoxy) is 2. The van der Waals surface area contributed by atoms with Crippen molar-refractivity contribution in [1.29, 1.82) is 0 Å². The van der Waals surface area contributed by atoms with Crippen LogP contribution in [0.4, 0.5) is 22.0 Å². The Bertz CT molecular complexity index is 1400. The fourth-order valence-corrected chi connectivity index (χ4v) is 5.27. The van der Waals surface area contributed by atoms with Crippen LogP contribution in [-0.2, 0) is 22.1 Å². The molecule has 1 aromatic heterocycles. The van der Waals surface area contributed by atoms with E-state index in [0.29, 0.717) is 27.8 Å². The number of rotatable bonds is 15. The van der Waals surface area contributed by atoms with Crippen LogP contribution in [0.1, 0.15) is 63.0 Å². The maximum atomic E-state index is 14.1. The highest BCUT2D eigenvalue weighted by atomic mass is 32.1. The lowest BCUT2D eigenvalue weighted by Crippen LogP contribution is -2.18. The third-order valence-corrected chi connectivity index (χ3v) is 7.49. The van der Waals surface area contributed by atoms with Crippen LogP contribution in [0.2, 0.25) is 0 Å². The molecule has 4 nitrogen and oxygen atoms in total. The Labute approximate surface area is 239 Å². The van der Waals surface area contributed by atoms with Crippen LogP contribution in [0, 0.1) is 0 Å². The minimum Gasteiger partial charge on any atom is -0.494 e. The van der Waals surface area contributed by atoms with E-state index in [0.717, 1.165) is 42.7 Å². The molecule has 0 spiro atoms. The fourth-order valence-electron chi connectivity index (χ4n) is 4.37. The summed E-state index contributed by atoms with van der Waals surface area (Å²) < 4.78 is 80.3. The number of carbonyl (C=O) groups is 1. The summed E-state index contributed by atoms with van der Waals surface area (Å²) in [6.07, 6.45) is -1.18. The molecular formula is C31H33F5O4S. The number of esters is 1. The van der Waals surface area contributed by atoms with Crippen LogP contribution in [0.15, 0.2) is 59.9 Å². The molecule has 0 N–H and O–H groups in total. The van der Waals surface area contributed by atoms with Gasteiger partial charge in [-0.3, -0.25) is 4.79 Å². The maximum absolute atomic E-state index is 14.1. The molecule has 2 aromatic carbocycles. The van der Waals surface area contributed by atoms with Gasteiger partial charge in [0.1, 0.15) is 5.75 Å². The molecule has 0 atom stereocenters. The summed E-state index contributed by atoms with van der Waals surface area (Å²) in [5, 5.41) is 0.570. The van der Waals surface area contributed by atoms with Crippen molar-refractivity contribution in [3.8, 4) is 16.9 Å². The molecule has 3 aromatic rings. The second kappa shape index (κ2) is 14.6. The standard InChI is InChI=1S/C31H33F5O4S/c1-3-5-6-9-21-10-13-24(26(18-21)31(34,35)36)25-19-22-11-12-23(20-27(22)41-29(25)38)39-16-7-14-30(32,33)15-8-17-40-28(37)4-2/h4,10-13,18-20H,2-3,5-9,14-17H2,1H3. The molecule has 0 unspecified atom stereocenters. The van der Waals surface area contributed by atoms with Crippen molar-refractivity contribution >= 4 is 27.4 Å². The first-order valence-corrected chi connectivity index (χ1v) is 14.3. The van der Waals surface area contributed by atoms with Gasteiger partial charge in [0, 0.05) is 29.2 Å². The van der Waals surface area contributed by atoms with Crippen molar-refractivity contribution < 1.29 is 36.2 Å². The van der Waals surface area contributed by atoms with Crippen molar-refractivity contribution in [1.82, 2.24) is 0 Å². The van der Waals surface area contributed by atoms with Gasteiger partial charge >= 0.3 is 12.1 Å². The quantitative estimate of drug-likeness (QED) is 0.0761. The highest BCUT2D eigenvalue weighted by Gasteiger charge is 2.34. The van der Waals surface area contributed by atoms with Gasteiger partial charge in [0.25, 0.3) is 0 Å². The summed E-state index contributed by atoms with van der Waals surface area (Å²) in [5.74, 6) is -3.23. The normalized spacial score (nSPS) is 12.0. The molecule has 0 aliphatic rings. The molecule has 0 bridgehead atoms. The minimum absolute atomic E-state index is 0.0130. The molecule has 3 rings (SSSR count). The van der Waals surface area contributed by atoms with Gasteiger partial charge in [0.15, 0.2) is 0 Å². The van der Waals surface area contributed by atoms with Gasteiger partial charge in [-0.2, -0.15) is 13.2 Å². The summed E-state index contributed by atoms with van der Waals surface area (Å²) in [6.45, 7) is 5.16. The van der Waals surface area contributed by atoms with E-state index in [2.05, 4.69) is 6.58 Å². The van der Waals surface area contributed by atoms with Gasteiger partial charge in [0.05, 0.1) is 18.8 Å². The van der Waals surface area contributed by atoms with Gasteiger partial charge in [-0.15, -0.1) is 0 Å². The first kappa shape index (κ1) is 32.2. The van der Waals surface area contributed by atoms with Crippen molar-refractivity contribution in [3.63, 3.8) is 0 Å². The van der Waals surface area contributed by atoms with Crippen molar-refractivity contribution in [3.05, 3.63) is 75.8 Å². The van der Waals surface area contributed by atoms with E-state index in [9.17, 15) is 31.5 Å². The summed E-state index contributed by atoms with van der Waals surface area (Å²) in [5.41, 5.74) is -0.421. The molecule has 0 fully saturated rings. The third kappa shape index (κ3) is 9.66. The van der Waals surface area contributed by atoms with E-state index in [1.54, 1.807) is 24.3 Å². The number of alkyl halides is 5. The average Bonchev–Trinajstić information content (AvgIpc) is 2.92. The van der Waals surface area contributed by atoms with Gasteiger partial charge in [-0.1, -0.05) is 49.8 Å². The summed E-state index contributed by atoms with van der Waals surface area (Å²) in [4.78, 5) is 23.9. The zero-order valence-electron chi connectivity index (χ0n) is 22.8. The lowest BCUT2D eigenvalue weighted by molar-refractivity contribution is -0.138. The van der Waals surface area contributed by atoms with E-state index >= 15 is 0 Å². The molecule has 1 heterocycles. The van der Waals surface area contributed by atoms with Gasteiger partial charge in [-0.05, 0) is 72.5 Å². The summed E-state index contributed by atoms with van der Waals surface area (Å²) in [6, 6.07) is 10.4. The smallest absolute Gasteiger partial charge is 0.417 e. The van der Waals surface area contributed by atoms with Crippen LogP contribution in [0.3, 0.4) is 0 Å². The average molecular weight is 597 g/mol. The maximum Gasteiger partial charge on any atom is 0.417 e. The van der Waals surface area contributed by atoms with Crippen LogP contribution in [0.25, 0.3) is 21.2 Å². The third-order valence-electron chi connectivity index (χ3n) is 6.51. The van der Waals surface area contributed by atoms with Crippen LogP contribution in [-0.4, -0.2) is 25.1 Å². The summed E-state index contributed by atoms with van der Waals surface area (Å²) >= 11 is 0.811. The molecular weight excluding hydrogens is 563 g/mol. The molecule has 0 amide bonds. The Hall–Kier alpha value is -3.27. The highest BCUT2D eigenvalue weighted by molar-refractivity contribution is 7.16. The number of hydrogen-bond donors (Lipinski definition) is 0. The number of carbonyl (C=O) groups excluding carboxylic acids is 1. The first-order chi connectivity index (χ1) is 19.4. The predicted molar refractivity (Wildman–Crippen MR) is 152 cm³/mol. The lowest BCUT2D eigenvalue weighted by Gasteiger charge is -2.16. The van der Waals surface area contributed by atoms with Crippen LogP contribution < -0.4 is 9.48 Å². The van der Waals surface area contributed by atoms with Crippen molar-refractivity contribution in [2.24, 2.45) is 0 Å². The second-order valence-corrected chi connectivity index (χ2v) is 10.8. The molecule has 41 heavy (non-hydrogen) atoms. The Morgan fingerprint density at radius 2 is 1.66 bits per heavy atom. The zero-order valence-corrected chi connectivity index (χ0v) is 23.6. The van der Waals surface area contributed by atoms with E-state index in [4.69, 9.17) is 9.47 Å².